The Labute approximate surface area is 168 Å². The fourth-order valence-electron chi connectivity index (χ4n) is 3.22. The minimum Gasteiger partial charge on any atom is -0.507 e. The van der Waals surface area contributed by atoms with Crippen molar-refractivity contribution >= 4 is 28.8 Å². The van der Waals surface area contributed by atoms with Crippen LogP contribution in [-0.2, 0) is 9.59 Å². The minimum atomic E-state index is -0.656. The molecule has 1 fully saturated rings. The number of Topliss-reactive ketones (excluding diaryl/α,β-unsaturated/α-hetero) is 1. The number of carbonyl (C=O) groups is 2. The molecule has 2 heterocycles. The number of hydrogen-bond donors (Lipinski definition) is 1. The summed E-state index contributed by atoms with van der Waals surface area (Å²) in [5, 5.41) is 12.9. The highest BCUT2D eigenvalue weighted by molar-refractivity contribution is 7.10. The predicted molar refractivity (Wildman–Crippen MR) is 109 cm³/mol. The molecule has 1 unspecified atom stereocenters. The van der Waals surface area contributed by atoms with Crippen molar-refractivity contribution in [1.29, 1.82) is 0 Å². The van der Waals surface area contributed by atoms with Gasteiger partial charge in [-0.3, -0.25) is 9.59 Å². The number of rotatable bonds is 7. The Morgan fingerprint density at radius 3 is 2.68 bits per heavy atom. The Balaban J connectivity index is 2.08. The summed E-state index contributed by atoms with van der Waals surface area (Å²) in [4.78, 5) is 29.9. The quantitative estimate of drug-likeness (QED) is 0.439. The van der Waals surface area contributed by atoms with Gasteiger partial charge < -0.3 is 19.6 Å². The second kappa shape index (κ2) is 8.58. The van der Waals surface area contributed by atoms with Gasteiger partial charge in [-0.25, -0.2) is 0 Å². The van der Waals surface area contributed by atoms with E-state index in [0.29, 0.717) is 31.0 Å². The van der Waals surface area contributed by atoms with Crippen molar-refractivity contribution in [2.24, 2.45) is 0 Å². The fourth-order valence-corrected chi connectivity index (χ4v) is 4.06. The van der Waals surface area contributed by atoms with E-state index in [4.69, 9.17) is 4.74 Å². The van der Waals surface area contributed by atoms with Crippen molar-refractivity contribution in [3.63, 3.8) is 0 Å². The van der Waals surface area contributed by atoms with Gasteiger partial charge in [-0.2, -0.15) is 0 Å². The molecule has 3 rings (SSSR count). The lowest BCUT2D eigenvalue weighted by atomic mass is 9.99. The van der Waals surface area contributed by atoms with Crippen LogP contribution in [-0.4, -0.2) is 60.4 Å². The normalized spacial score (nSPS) is 18.9. The Hall–Kier alpha value is -2.64. The maximum atomic E-state index is 12.8. The molecule has 6 nitrogen and oxygen atoms in total. The lowest BCUT2D eigenvalue weighted by molar-refractivity contribution is -0.140. The molecule has 1 atom stereocenters. The third-order valence-corrected chi connectivity index (χ3v) is 5.48. The second-order valence-corrected chi connectivity index (χ2v) is 7.75. The van der Waals surface area contributed by atoms with Gasteiger partial charge in [0.1, 0.15) is 11.5 Å². The summed E-state index contributed by atoms with van der Waals surface area (Å²) in [6.45, 7) is 3.39. The molecule has 1 aliphatic rings. The Morgan fingerprint density at radius 2 is 2.04 bits per heavy atom. The van der Waals surface area contributed by atoms with Crippen LogP contribution >= 0.6 is 11.3 Å². The number of likely N-dealkylation sites (tertiary alicyclic amines) is 1. The molecule has 0 radical (unpaired) electrons. The van der Waals surface area contributed by atoms with Crippen LogP contribution in [0.2, 0.25) is 0 Å². The third-order valence-electron chi connectivity index (χ3n) is 4.56. The Bertz CT molecular complexity index is 890. The van der Waals surface area contributed by atoms with E-state index in [1.54, 1.807) is 29.2 Å². The van der Waals surface area contributed by atoms with Crippen molar-refractivity contribution in [3.05, 3.63) is 57.8 Å². The zero-order chi connectivity index (χ0) is 20.3. The zero-order valence-electron chi connectivity index (χ0n) is 16.2. The highest BCUT2D eigenvalue weighted by Crippen LogP contribution is 2.41. The zero-order valence-corrected chi connectivity index (χ0v) is 17.0. The number of nitrogens with zero attached hydrogens (tertiary/aromatic N) is 2. The number of ether oxygens (including phenoxy) is 1. The number of aliphatic hydroxyl groups is 1. The summed E-state index contributed by atoms with van der Waals surface area (Å²) in [5.74, 6) is -0.814. The summed E-state index contributed by atoms with van der Waals surface area (Å²) in [7, 11) is 3.83. The Kier molecular flexibility index (Phi) is 6.16. The average Bonchev–Trinajstić information content (AvgIpc) is 3.28. The van der Waals surface area contributed by atoms with Crippen LogP contribution in [0.5, 0.6) is 5.75 Å². The van der Waals surface area contributed by atoms with Crippen LogP contribution in [0.1, 0.15) is 23.4 Å². The van der Waals surface area contributed by atoms with Crippen molar-refractivity contribution < 1.29 is 19.4 Å². The van der Waals surface area contributed by atoms with Gasteiger partial charge in [0.15, 0.2) is 0 Å². The van der Waals surface area contributed by atoms with Gasteiger partial charge >= 0.3 is 0 Å². The first kappa shape index (κ1) is 20.1. The first-order valence-electron chi connectivity index (χ1n) is 9.13. The monoisotopic (exact) mass is 400 g/mol. The molecule has 1 amide bonds. The van der Waals surface area contributed by atoms with Crippen LogP contribution in [0, 0.1) is 0 Å². The highest BCUT2D eigenvalue weighted by Gasteiger charge is 2.46. The van der Waals surface area contributed by atoms with E-state index in [-0.39, 0.29) is 11.3 Å². The smallest absolute Gasteiger partial charge is 0.295 e. The molecule has 1 aromatic heterocycles. The largest absolute Gasteiger partial charge is 0.507 e. The number of aliphatic hydroxyl groups excluding tert-OH is 1. The van der Waals surface area contributed by atoms with E-state index < -0.39 is 17.7 Å². The molecule has 7 heteroatoms. The number of hydrogen-bond acceptors (Lipinski definition) is 6. The minimum absolute atomic E-state index is 0.125. The molecule has 0 aliphatic carbocycles. The molecule has 0 saturated carbocycles. The van der Waals surface area contributed by atoms with Crippen molar-refractivity contribution in [2.75, 3.05) is 33.8 Å². The van der Waals surface area contributed by atoms with Gasteiger partial charge in [0, 0.05) is 23.5 Å². The summed E-state index contributed by atoms with van der Waals surface area (Å²) >= 11 is 1.46. The van der Waals surface area contributed by atoms with Crippen molar-refractivity contribution in [2.45, 2.75) is 13.0 Å². The van der Waals surface area contributed by atoms with Crippen molar-refractivity contribution in [3.8, 4) is 5.75 Å². The number of carbonyl (C=O) groups excluding carboxylic acids is 2. The molecule has 148 valence electrons. The molecule has 1 saturated heterocycles. The second-order valence-electron chi connectivity index (χ2n) is 6.77. The maximum absolute atomic E-state index is 12.8. The molecule has 28 heavy (non-hydrogen) atoms. The standard InChI is InChI=1S/C21H24N2O4S/c1-4-27-15-8-5-7-14(13-15)19(24)17-18(16-9-6-12-28-16)23(11-10-22(2)3)21(26)20(17)25/h5-9,12-13,18,24H,4,10-11H2,1-3H3/b19-17-. The Morgan fingerprint density at radius 1 is 1.25 bits per heavy atom. The van der Waals surface area contributed by atoms with Gasteiger partial charge in [-0.15, -0.1) is 11.3 Å². The maximum Gasteiger partial charge on any atom is 0.295 e. The first-order valence-corrected chi connectivity index (χ1v) is 10.0. The number of amides is 1. The van der Waals surface area contributed by atoms with Gasteiger partial charge in [-0.1, -0.05) is 18.2 Å². The number of thiophene rings is 1. The molecule has 1 aromatic carbocycles. The van der Waals surface area contributed by atoms with E-state index in [9.17, 15) is 14.7 Å². The van der Waals surface area contributed by atoms with E-state index >= 15 is 0 Å². The first-order chi connectivity index (χ1) is 13.4. The molecule has 0 bridgehead atoms. The third kappa shape index (κ3) is 3.95. The van der Waals surface area contributed by atoms with Crippen LogP contribution in [0.3, 0.4) is 0 Å². The van der Waals surface area contributed by atoms with Crippen LogP contribution in [0.15, 0.2) is 47.4 Å². The molecular weight excluding hydrogens is 376 g/mol. The van der Waals surface area contributed by atoms with Crippen molar-refractivity contribution in [1.82, 2.24) is 9.80 Å². The van der Waals surface area contributed by atoms with E-state index in [0.717, 1.165) is 4.88 Å². The highest BCUT2D eigenvalue weighted by atomic mass is 32.1. The lowest BCUT2D eigenvalue weighted by Gasteiger charge is -2.25. The molecule has 1 aliphatic heterocycles. The average molecular weight is 401 g/mol. The topological polar surface area (TPSA) is 70.1 Å². The summed E-state index contributed by atoms with van der Waals surface area (Å²) < 4.78 is 5.49. The van der Waals surface area contributed by atoms with Gasteiger partial charge in [0.05, 0.1) is 18.2 Å². The SMILES string of the molecule is CCOc1cccc(/C(O)=C2/C(=O)C(=O)N(CCN(C)C)C2c2cccs2)c1. The lowest BCUT2D eigenvalue weighted by Crippen LogP contribution is -2.35. The molecule has 1 N–H and O–H groups in total. The number of benzene rings is 1. The number of likely N-dealkylation sites (N-methyl/N-ethyl adjacent to an activating group) is 1. The predicted octanol–water partition coefficient (Wildman–Crippen LogP) is 3.13. The van der Waals surface area contributed by atoms with Crippen LogP contribution in [0.4, 0.5) is 0 Å². The van der Waals surface area contributed by atoms with Crippen LogP contribution in [0.25, 0.3) is 5.76 Å². The van der Waals surface area contributed by atoms with Gasteiger partial charge in [0.2, 0.25) is 0 Å². The number of ketones is 1. The summed E-state index contributed by atoms with van der Waals surface area (Å²) in [6, 6.07) is 10.1. The van der Waals surface area contributed by atoms with Crippen LogP contribution < -0.4 is 4.74 Å². The van der Waals surface area contributed by atoms with E-state index in [1.807, 2.05) is 43.4 Å². The summed E-state index contributed by atoms with van der Waals surface area (Å²) in [6.07, 6.45) is 0. The summed E-state index contributed by atoms with van der Waals surface area (Å²) in [5.41, 5.74) is 0.581. The van der Waals surface area contributed by atoms with E-state index in [1.165, 1.54) is 11.3 Å². The van der Waals surface area contributed by atoms with Gasteiger partial charge in [0.25, 0.3) is 11.7 Å². The molecular formula is C21H24N2O4S. The molecule has 2 aromatic rings. The fraction of sp³-hybridized carbons (Fsp3) is 0.333. The molecule has 0 spiro atoms. The van der Waals surface area contributed by atoms with Gasteiger partial charge in [-0.05, 0) is 44.6 Å². The van der Waals surface area contributed by atoms with E-state index in [2.05, 4.69) is 0 Å².